The minimum atomic E-state index is -0.298. The van der Waals surface area contributed by atoms with Crippen LogP contribution < -0.4 is 5.43 Å². The summed E-state index contributed by atoms with van der Waals surface area (Å²) in [6.45, 7) is 6.37. The van der Waals surface area contributed by atoms with Crippen molar-refractivity contribution in [3.63, 3.8) is 0 Å². The van der Waals surface area contributed by atoms with Crippen molar-refractivity contribution in [1.29, 1.82) is 0 Å². The lowest BCUT2D eigenvalue weighted by atomic mass is 10.2. The number of ether oxygens (including phenoxy) is 1. The topological polar surface area (TPSA) is 57.9 Å². The Bertz CT molecular complexity index is 558. The highest BCUT2D eigenvalue weighted by Crippen LogP contribution is 2.17. The lowest BCUT2D eigenvalue weighted by molar-refractivity contribution is 0.0940. The maximum atomic E-state index is 11.8. The normalized spacial score (nSPS) is 24.0. The monoisotopic (exact) mass is 307 g/mol. The molecule has 0 saturated carbocycles. The van der Waals surface area contributed by atoms with Crippen molar-refractivity contribution in [2.24, 2.45) is 0 Å². The Morgan fingerprint density at radius 2 is 2.09 bits per heavy atom. The largest absolute Gasteiger partial charge is 0.503 e. The van der Waals surface area contributed by atoms with Crippen LogP contribution in [-0.4, -0.2) is 65.4 Å². The van der Waals surface area contributed by atoms with E-state index < -0.39 is 0 Å². The fraction of sp³-hybridized carbons (Fsp3) is 0.688. The molecular weight excluding hydrogens is 282 g/mol. The molecule has 1 unspecified atom stereocenters. The summed E-state index contributed by atoms with van der Waals surface area (Å²) < 4.78 is 7.68. The van der Waals surface area contributed by atoms with E-state index in [1.165, 1.54) is 0 Å². The maximum absolute atomic E-state index is 11.8. The average Bonchev–Trinajstić information content (AvgIpc) is 2.99. The van der Waals surface area contributed by atoms with E-state index in [-0.39, 0.29) is 17.3 Å². The van der Waals surface area contributed by atoms with Crippen LogP contribution in [0.25, 0.3) is 0 Å². The fourth-order valence-corrected chi connectivity index (χ4v) is 3.15. The van der Waals surface area contributed by atoms with Gasteiger partial charge < -0.3 is 19.3 Å². The Morgan fingerprint density at radius 3 is 2.77 bits per heavy atom. The van der Waals surface area contributed by atoms with E-state index in [0.717, 1.165) is 57.9 Å². The summed E-state index contributed by atoms with van der Waals surface area (Å²) in [5.41, 5.74) is 0.663. The van der Waals surface area contributed by atoms with Crippen molar-refractivity contribution in [1.82, 2.24) is 14.4 Å². The lowest BCUT2D eigenvalue weighted by Gasteiger charge is -2.33. The van der Waals surface area contributed by atoms with Gasteiger partial charge in [0.05, 0.1) is 12.3 Å². The summed E-state index contributed by atoms with van der Waals surface area (Å²) in [6.07, 6.45) is 3.88. The zero-order valence-corrected chi connectivity index (χ0v) is 13.2. The van der Waals surface area contributed by atoms with E-state index in [0.29, 0.717) is 6.54 Å². The molecule has 3 rings (SSSR count). The van der Waals surface area contributed by atoms with Gasteiger partial charge in [-0.15, -0.1) is 0 Å². The van der Waals surface area contributed by atoms with Crippen LogP contribution in [-0.2, 0) is 17.8 Å². The van der Waals surface area contributed by atoms with Gasteiger partial charge in [-0.1, -0.05) is 0 Å². The summed E-state index contributed by atoms with van der Waals surface area (Å²) in [5, 5.41) is 9.74. The third-order valence-corrected chi connectivity index (χ3v) is 4.60. The van der Waals surface area contributed by atoms with Gasteiger partial charge in [-0.05, 0) is 19.9 Å². The van der Waals surface area contributed by atoms with Gasteiger partial charge >= 0.3 is 0 Å². The molecule has 2 saturated heterocycles. The van der Waals surface area contributed by atoms with E-state index in [9.17, 15) is 9.90 Å². The van der Waals surface area contributed by atoms with Crippen LogP contribution in [0.4, 0.5) is 0 Å². The molecule has 0 radical (unpaired) electrons. The molecule has 2 fully saturated rings. The Labute approximate surface area is 130 Å². The van der Waals surface area contributed by atoms with Gasteiger partial charge in [-0.3, -0.25) is 9.69 Å². The molecule has 0 aromatic carbocycles. The first-order chi connectivity index (χ1) is 10.6. The number of piperazine rings is 1. The standard InChI is InChI=1S/C16H25N3O3/c1-17-4-6-18(7-5-17)10-13-9-15(20)16(21)12-19(13)11-14-3-2-8-22-14/h9,12,14,21H,2-8,10-11H2,1H3. The smallest absolute Gasteiger partial charge is 0.223 e. The quantitative estimate of drug-likeness (QED) is 0.877. The number of hydrogen-bond donors (Lipinski definition) is 1. The molecule has 1 aromatic rings. The molecule has 2 aliphatic heterocycles. The first kappa shape index (κ1) is 15.5. The van der Waals surface area contributed by atoms with Crippen LogP contribution >= 0.6 is 0 Å². The molecule has 6 heteroatoms. The zero-order valence-electron chi connectivity index (χ0n) is 13.2. The number of hydrogen-bond acceptors (Lipinski definition) is 5. The third-order valence-electron chi connectivity index (χ3n) is 4.60. The molecule has 3 heterocycles. The van der Waals surface area contributed by atoms with Crippen LogP contribution in [0, 0.1) is 0 Å². The van der Waals surface area contributed by atoms with Crippen LogP contribution in [0.15, 0.2) is 17.1 Å². The van der Waals surface area contributed by atoms with E-state index in [4.69, 9.17) is 4.74 Å². The molecule has 1 atom stereocenters. The first-order valence-corrected chi connectivity index (χ1v) is 8.06. The molecule has 2 aliphatic rings. The number of likely N-dealkylation sites (N-methyl/N-ethyl adjacent to an activating group) is 1. The molecule has 6 nitrogen and oxygen atoms in total. The number of nitrogens with zero attached hydrogens (tertiary/aromatic N) is 3. The Morgan fingerprint density at radius 1 is 1.32 bits per heavy atom. The van der Waals surface area contributed by atoms with E-state index in [1.54, 1.807) is 12.3 Å². The Hall–Kier alpha value is -1.37. The highest BCUT2D eigenvalue weighted by molar-refractivity contribution is 5.20. The summed E-state index contributed by atoms with van der Waals surface area (Å²) in [4.78, 5) is 16.5. The van der Waals surface area contributed by atoms with Crippen LogP contribution in [0.5, 0.6) is 5.75 Å². The van der Waals surface area contributed by atoms with Gasteiger partial charge in [-0.25, -0.2) is 0 Å². The fourth-order valence-electron chi connectivity index (χ4n) is 3.15. The number of aromatic nitrogens is 1. The summed E-state index contributed by atoms with van der Waals surface area (Å²) in [7, 11) is 2.13. The second kappa shape index (κ2) is 6.81. The van der Waals surface area contributed by atoms with Crippen LogP contribution in [0.2, 0.25) is 0 Å². The van der Waals surface area contributed by atoms with Crippen molar-refractivity contribution in [3.05, 3.63) is 28.2 Å². The number of aromatic hydroxyl groups is 1. The predicted octanol–water partition coefficient (Wildman–Crippen LogP) is 0.480. The molecular formula is C16H25N3O3. The minimum absolute atomic E-state index is 0.180. The maximum Gasteiger partial charge on any atom is 0.223 e. The number of rotatable bonds is 4. The summed E-state index contributed by atoms with van der Waals surface area (Å²) in [5.74, 6) is -0.180. The Balaban J connectivity index is 1.75. The van der Waals surface area contributed by atoms with Gasteiger partial charge in [0.2, 0.25) is 5.43 Å². The van der Waals surface area contributed by atoms with Gasteiger partial charge in [0.25, 0.3) is 0 Å². The highest BCUT2D eigenvalue weighted by Gasteiger charge is 2.20. The lowest BCUT2D eigenvalue weighted by Crippen LogP contribution is -2.44. The van der Waals surface area contributed by atoms with Crippen molar-refractivity contribution in [2.75, 3.05) is 39.8 Å². The Kier molecular flexibility index (Phi) is 4.81. The minimum Gasteiger partial charge on any atom is -0.503 e. The SMILES string of the molecule is CN1CCN(Cc2cc(=O)c(O)cn2CC2CCCO2)CC1. The third kappa shape index (κ3) is 3.69. The van der Waals surface area contributed by atoms with Gasteiger partial charge in [0.15, 0.2) is 5.75 Å². The van der Waals surface area contributed by atoms with E-state index >= 15 is 0 Å². The van der Waals surface area contributed by atoms with Crippen molar-refractivity contribution in [2.45, 2.75) is 32.0 Å². The van der Waals surface area contributed by atoms with E-state index in [2.05, 4.69) is 16.8 Å². The molecule has 22 heavy (non-hydrogen) atoms. The van der Waals surface area contributed by atoms with Crippen molar-refractivity contribution in [3.8, 4) is 5.75 Å². The van der Waals surface area contributed by atoms with Crippen molar-refractivity contribution >= 4 is 0 Å². The second-order valence-corrected chi connectivity index (χ2v) is 6.38. The first-order valence-electron chi connectivity index (χ1n) is 8.06. The molecule has 0 aliphatic carbocycles. The molecule has 0 amide bonds. The highest BCUT2D eigenvalue weighted by atomic mass is 16.5. The molecule has 0 spiro atoms. The van der Waals surface area contributed by atoms with Crippen molar-refractivity contribution < 1.29 is 9.84 Å². The summed E-state index contributed by atoms with van der Waals surface area (Å²) in [6, 6.07) is 1.57. The predicted molar refractivity (Wildman–Crippen MR) is 84.1 cm³/mol. The summed E-state index contributed by atoms with van der Waals surface area (Å²) >= 11 is 0. The van der Waals surface area contributed by atoms with Gasteiger partial charge in [-0.2, -0.15) is 0 Å². The molecule has 1 N–H and O–H groups in total. The van der Waals surface area contributed by atoms with Crippen LogP contribution in [0.1, 0.15) is 18.5 Å². The molecule has 1 aromatic heterocycles. The molecule has 122 valence electrons. The molecule has 0 bridgehead atoms. The van der Waals surface area contributed by atoms with Crippen LogP contribution in [0.3, 0.4) is 0 Å². The second-order valence-electron chi connectivity index (χ2n) is 6.38. The average molecular weight is 307 g/mol. The zero-order chi connectivity index (χ0) is 15.5. The van der Waals surface area contributed by atoms with Gasteiger partial charge in [0, 0.05) is 57.6 Å². The van der Waals surface area contributed by atoms with E-state index in [1.807, 2.05) is 4.57 Å². The number of pyridine rings is 1. The van der Waals surface area contributed by atoms with Gasteiger partial charge in [0.1, 0.15) is 0 Å².